The van der Waals surface area contributed by atoms with Crippen LogP contribution < -0.4 is 4.74 Å². The third-order valence-electron chi connectivity index (χ3n) is 3.38. The second-order valence-electron chi connectivity index (χ2n) is 5.02. The maximum atomic E-state index is 14.1. The van der Waals surface area contributed by atoms with Crippen molar-refractivity contribution in [3.63, 3.8) is 0 Å². The third kappa shape index (κ3) is 4.62. The molecule has 0 bridgehead atoms. The van der Waals surface area contributed by atoms with Gasteiger partial charge in [0.1, 0.15) is 5.75 Å². The second kappa shape index (κ2) is 9.02. The number of halogens is 3. The number of hydrogen-bond donors (Lipinski definition) is 0. The fraction of sp³-hybridized carbons (Fsp3) is 0.111. The van der Waals surface area contributed by atoms with Crippen molar-refractivity contribution in [2.75, 3.05) is 7.11 Å². The molecule has 0 atom stereocenters. The predicted octanol–water partition coefficient (Wildman–Crippen LogP) is 4.89. The molecule has 0 fully saturated rings. The minimum atomic E-state index is -0.726. The van der Waals surface area contributed by atoms with Gasteiger partial charge in [-0.1, -0.05) is 35.4 Å². The molecule has 0 spiro atoms. The Morgan fingerprint density at radius 3 is 1.96 bits per heavy atom. The van der Waals surface area contributed by atoms with Gasteiger partial charge in [0, 0.05) is 17.6 Å². The molecule has 0 saturated carbocycles. The molecule has 0 aliphatic carbocycles. The van der Waals surface area contributed by atoms with Gasteiger partial charge < -0.3 is 4.74 Å². The van der Waals surface area contributed by atoms with E-state index >= 15 is 0 Å². The Labute approximate surface area is 159 Å². The van der Waals surface area contributed by atoms with Gasteiger partial charge in [-0.25, -0.2) is 0 Å². The first kappa shape index (κ1) is 19.5. The number of methoxy groups -OCH3 is 1. The topological polar surface area (TPSA) is 35.0 Å². The van der Waals surface area contributed by atoms with Gasteiger partial charge in [-0.3, -0.25) is 18.7 Å². The average molecular weight is 542 g/mol. The van der Waals surface area contributed by atoms with Crippen LogP contribution in [-0.2, 0) is 18.8 Å². The van der Waals surface area contributed by atoms with Crippen molar-refractivity contribution in [1.82, 2.24) is 9.97 Å². The summed E-state index contributed by atoms with van der Waals surface area (Å²) in [5.74, 6) is -0.885. The van der Waals surface area contributed by atoms with Crippen molar-refractivity contribution in [2.45, 2.75) is 6.92 Å². The molecule has 2 heterocycles. The second-order valence-corrected chi connectivity index (χ2v) is 5.02. The fourth-order valence-corrected chi connectivity index (χ4v) is 2.14. The fourth-order valence-electron chi connectivity index (χ4n) is 2.14. The Morgan fingerprint density at radius 2 is 1.52 bits per heavy atom. The van der Waals surface area contributed by atoms with Crippen molar-refractivity contribution >= 4 is 9.42 Å². The van der Waals surface area contributed by atoms with E-state index in [-0.39, 0.29) is 11.1 Å². The molecule has 0 saturated heterocycles. The van der Waals surface area contributed by atoms with E-state index in [0.29, 0.717) is 17.1 Å². The number of aromatic nitrogens is 2. The molecule has 3 rings (SSSR count). The number of rotatable bonds is 3. The first-order chi connectivity index (χ1) is 12.1. The van der Waals surface area contributed by atoms with Crippen LogP contribution in [0, 0.1) is 24.6 Å². The van der Waals surface area contributed by atoms with Gasteiger partial charge in [0.15, 0.2) is 0 Å². The Morgan fingerprint density at radius 1 is 0.960 bits per heavy atom. The van der Waals surface area contributed by atoms with E-state index < -0.39 is 11.6 Å². The van der Waals surface area contributed by atoms with Crippen molar-refractivity contribution in [3.05, 3.63) is 66.0 Å². The van der Waals surface area contributed by atoms with Gasteiger partial charge in [0.05, 0.1) is 24.9 Å². The number of aryl methyl sites for hydroxylation is 1. The zero-order valence-electron chi connectivity index (χ0n) is 13.3. The summed E-state index contributed by atoms with van der Waals surface area (Å²) in [6.45, 7) is 1.88. The molecule has 0 amide bonds. The normalized spacial score (nSPS) is 10.0. The van der Waals surface area contributed by atoms with E-state index in [2.05, 4.69) is 25.5 Å². The SMILES string of the molecule is COc1ccc(-c2[c-]c(-c3ccc(C)cn3)c(F)cc2F)nc1.[Cl][Pt+]. The van der Waals surface area contributed by atoms with E-state index in [0.717, 1.165) is 11.6 Å². The van der Waals surface area contributed by atoms with Gasteiger partial charge in [-0.2, -0.15) is 0 Å². The van der Waals surface area contributed by atoms with E-state index in [9.17, 15) is 8.78 Å². The maximum absolute atomic E-state index is 14.1. The van der Waals surface area contributed by atoms with Crippen molar-refractivity contribution < 1.29 is 32.3 Å². The Hall–Kier alpha value is -1.84. The molecule has 3 aromatic rings. The van der Waals surface area contributed by atoms with Crippen LogP contribution in [0.4, 0.5) is 8.78 Å². The first-order valence-corrected chi connectivity index (χ1v) is 9.87. The molecule has 25 heavy (non-hydrogen) atoms. The Bertz CT molecular complexity index is 843. The summed E-state index contributed by atoms with van der Waals surface area (Å²) in [7, 11) is 6.13. The Kier molecular flexibility index (Phi) is 7.03. The number of ether oxygens (including phenoxy) is 1. The van der Waals surface area contributed by atoms with Crippen LogP contribution in [0.5, 0.6) is 5.75 Å². The predicted molar refractivity (Wildman–Crippen MR) is 88.8 cm³/mol. The number of hydrogen-bond acceptors (Lipinski definition) is 3. The van der Waals surface area contributed by atoms with Crippen LogP contribution in [-0.4, -0.2) is 17.1 Å². The van der Waals surface area contributed by atoms with Crippen molar-refractivity contribution in [1.29, 1.82) is 0 Å². The molecule has 0 N–H and O–H groups in total. The van der Waals surface area contributed by atoms with Crippen LogP contribution in [0.2, 0.25) is 0 Å². The van der Waals surface area contributed by atoms with E-state index in [1.807, 2.05) is 13.0 Å². The van der Waals surface area contributed by atoms with Gasteiger partial charge in [-0.15, -0.1) is 6.07 Å². The molecular formula is C18H13ClF2N2OPt. The molecule has 1 aromatic carbocycles. The first-order valence-electron chi connectivity index (χ1n) is 7.05. The molecule has 2 aromatic heterocycles. The van der Waals surface area contributed by atoms with Crippen molar-refractivity contribution in [2.24, 2.45) is 0 Å². The standard InChI is InChI=1S/C18H13F2N2O.ClH.Pt/c1-11-3-5-17(21-9-11)13-7-14(16(20)8-15(13)19)18-6-4-12(23-2)10-22-18;;/h3-6,8-10H,1-2H3;1H;/q-1;;+2/p-1. The van der Waals surface area contributed by atoms with Crippen LogP contribution >= 0.6 is 9.42 Å². The van der Waals surface area contributed by atoms with Gasteiger partial charge >= 0.3 is 28.2 Å². The Balaban J connectivity index is 0.00000109. The van der Waals surface area contributed by atoms with Crippen LogP contribution in [0.15, 0.2) is 42.7 Å². The molecular weight excluding hydrogens is 529 g/mol. The van der Waals surface area contributed by atoms with E-state index in [1.54, 1.807) is 43.2 Å². The minimum absolute atomic E-state index is 0.0893. The zero-order valence-corrected chi connectivity index (χ0v) is 16.3. The summed E-state index contributed by atoms with van der Waals surface area (Å²) >= 11 is 1.61. The molecule has 0 radical (unpaired) electrons. The monoisotopic (exact) mass is 541 g/mol. The van der Waals surface area contributed by atoms with Crippen LogP contribution in [0.1, 0.15) is 5.56 Å². The molecule has 7 heteroatoms. The molecule has 132 valence electrons. The number of pyridine rings is 2. The summed E-state index contributed by atoms with van der Waals surface area (Å²) in [4.78, 5) is 8.29. The summed E-state index contributed by atoms with van der Waals surface area (Å²) in [6.07, 6.45) is 3.09. The zero-order chi connectivity index (χ0) is 18.4. The molecule has 0 aliphatic heterocycles. The van der Waals surface area contributed by atoms with Gasteiger partial charge in [0.25, 0.3) is 0 Å². The molecule has 0 aliphatic rings. The van der Waals surface area contributed by atoms with E-state index in [1.165, 1.54) is 13.3 Å². The third-order valence-corrected chi connectivity index (χ3v) is 3.38. The summed E-state index contributed by atoms with van der Waals surface area (Å²) in [6, 6.07) is 10.3. The number of nitrogens with zero attached hydrogens (tertiary/aromatic N) is 2. The average Bonchev–Trinajstić information content (AvgIpc) is 2.65. The molecule has 0 unspecified atom stereocenters. The molecule has 3 nitrogen and oxygen atoms in total. The quantitative estimate of drug-likeness (QED) is 0.443. The van der Waals surface area contributed by atoms with Gasteiger partial charge in [-0.05, 0) is 18.6 Å². The van der Waals surface area contributed by atoms with Crippen LogP contribution in [0.3, 0.4) is 0 Å². The van der Waals surface area contributed by atoms with Crippen molar-refractivity contribution in [3.8, 4) is 28.3 Å². The summed E-state index contributed by atoms with van der Waals surface area (Å²) in [5.41, 5.74) is 1.89. The van der Waals surface area contributed by atoms with Crippen LogP contribution in [0.25, 0.3) is 22.5 Å². The summed E-state index contributed by atoms with van der Waals surface area (Å²) in [5, 5.41) is 0. The van der Waals surface area contributed by atoms with Gasteiger partial charge in [0.2, 0.25) is 0 Å². The van der Waals surface area contributed by atoms with E-state index in [4.69, 9.17) is 4.74 Å². The number of benzene rings is 1. The summed E-state index contributed by atoms with van der Waals surface area (Å²) < 4.78 is 33.2.